The third-order valence-corrected chi connectivity index (χ3v) is 1.63. The molecule has 64 valence electrons. The van der Waals surface area contributed by atoms with E-state index in [4.69, 9.17) is 0 Å². The Balaban J connectivity index is 3.22. The molecule has 0 fully saturated rings. The van der Waals surface area contributed by atoms with Crippen molar-refractivity contribution in [3.05, 3.63) is 24.8 Å². The molecule has 0 spiro atoms. The van der Waals surface area contributed by atoms with Gasteiger partial charge in [-0.3, -0.25) is 4.57 Å². The minimum Gasteiger partial charge on any atom is -0.287 e. The monoisotopic (exact) mass is 163 g/mol. The van der Waals surface area contributed by atoms with Gasteiger partial charge in [0.15, 0.2) is 5.82 Å². The van der Waals surface area contributed by atoms with Crippen LogP contribution >= 0.6 is 0 Å². The fourth-order valence-corrected chi connectivity index (χ4v) is 1.04. The highest BCUT2D eigenvalue weighted by Gasteiger charge is 2.09. The van der Waals surface area contributed by atoms with Crippen molar-refractivity contribution in [3.8, 4) is 0 Å². The van der Waals surface area contributed by atoms with Gasteiger partial charge < -0.3 is 0 Å². The number of aromatic nitrogens is 3. The normalized spacial score (nSPS) is 10.2. The molecule has 0 aliphatic heterocycles. The van der Waals surface area contributed by atoms with Gasteiger partial charge in [-0.05, 0) is 6.08 Å². The van der Waals surface area contributed by atoms with Gasteiger partial charge in [-0.1, -0.05) is 27.0 Å². The zero-order chi connectivity index (χ0) is 9.14. The third kappa shape index (κ3) is 1.30. The van der Waals surface area contributed by atoms with Crippen molar-refractivity contribution >= 4 is 12.3 Å². The second kappa shape index (κ2) is 3.34. The zero-order valence-electron chi connectivity index (χ0n) is 7.49. The molecule has 0 saturated carbocycles. The maximum absolute atomic E-state index is 4.03. The number of rotatable bonds is 3. The van der Waals surface area contributed by atoms with Crippen LogP contribution in [0, 0.1) is 0 Å². The van der Waals surface area contributed by atoms with Crippen molar-refractivity contribution < 1.29 is 0 Å². The summed E-state index contributed by atoms with van der Waals surface area (Å²) < 4.78 is 1.84. The lowest BCUT2D eigenvalue weighted by Gasteiger charge is -2.03. The van der Waals surface area contributed by atoms with Crippen molar-refractivity contribution in [2.45, 2.75) is 19.8 Å². The van der Waals surface area contributed by atoms with Gasteiger partial charge in [0.2, 0.25) is 0 Å². The van der Waals surface area contributed by atoms with E-state index in [0.29, 0.717) is 5.92 Å². The molecule has 1 aromatic rings. The van der Waals surface area contributed by atoms with E-state index >= 15 is 0 Å². The second-order valence-electron chi connectivity index (χ2n) is 2.83. The van der Waals surface area contributed by atoms with Gasteiger partial charge in [0.1, 0.15) is 5.82 Å². The van der Waals surface area contributed by atoms with Crippen LogP contribution in [0.5, 0.6) is 0 Å². The van der Waals surface area contributed by atoms with Crippen molar-refractivity contribution in [1.82, 2.24) is 14.8 Å². The first-order chi connectivity index (χ1) is 5.70. The Morgan fingerprint density at radius 1 is 1.33 bits per heavy atom. The van der Waals surface area contributed by atoms with Gasteiger partial charge in [-0.2, -0.15) is 0 Å². The zero-order valence-corrected chi connectivity index (χ0v) is 7.49. The fourth-order valence-electron chi connectivity index (χ4n) is 1.04. The first-order valence-electron chi connectivity index (χ1n) is 3.90. The molecule has 0 N–H and O–H groups in total. The van der Waals surface area contributed by atoms with Crippen LogP contribution in [0.15, 0.2) is 13.2 Å². The van der Waals surface area contributed by atoms with E-state index in [-0.39, 0.29) is 0 Å². The first kappa shape index (κ1) is 8.71. The average Bonchev–Trinajstić information content (AvgIpc) is 2.46. The summed E-state index contributed by atoms with van der Waals surface area (Å²) in [5.74, 6) is 2.01. The van der Waals surface area contributed by atoms with Gasteiger partial charge in [0.25, 0.3) is 0 Å². The second-order valence-corrected chi connectivity index (χ2v) is 2.83. The summed E-state index contributed by atoms with van der Waals surface area (Å²) >= 11 is 0. The van der Waals surface area contributed by atoms with Crippen molar-refractivity contribution in [2.24, 2.45) is 0 Å². The molecule has 0 atom stereocenters. The first-order valence-corrected chi connectivity index (χ1v) is 3.90. The van der Waals surface area contributed by atoms with Crippen LogP contribution in [0.1, 0.15) is 31.4 Å². The molecule has 12 heavy (non-hydrogen) atoms. The summed E-state index contributed by atoms with van der Waals surface area (Å²) in [6.45, 7) is 11.5. The summed E-state index contributed by atoms with van der Waals surface area (Å²) in [5.41, 5.74) is 0. The van der Waals surface area contributed by atoms with Gasteiger partial charge in [-0.15, -0.1) is 10.2 Å². The van der Waals surface area contributed by atoms with Crippen molar-refractivity contribution in [3.63, 3.8) is 0 Å². The predicted molar refractivity (Wildman–Crippen MR) is 50.6 cm³/mol. The Kier molecular flexibility index (Phi) is 2.43. The molecular weight excluding hydrogens is 150 g/mol. The van der Waals surface area contributed by atoms with E-state index in [0.717, 1.165) is 11.6 Å². The highest BCUT2D eigenvalue weighted by atomic mass is 15.3. The SMILES string of the molecule is C=Cc1nnc(C(C)C)n1C=C. The van der Waals surface area contributed by atoms with E-state index < -0.39 is 0 Å². The lowest BCUT2D eigenvalue weighted by molar-refractivity contribution is 0.756. The smallest absolute Gasteiger partial charge is 0.160 e. The maximum Gasteiger partial charge on any atom is 0.160 e. The highest BCUT2D eigenvalue weighted by Crippen LogP contribution is 2.13. The minimum atomic E-state index is 0.351. The molecular formula is C9H13N3. The molecule has 0 aliphatic rings. The summed E-state index contributed by atoms with van der Waals surface area (Å²) in [7, 11) is 0. The topological polar surface area (TPSA) is 30.7 Å². The molecule has 0 unspecified atom stereocenters. The van der Waals surface area contributed by atoms with Gasteiger partial charge >= 0.3 is 0 Å². The molecule has 0 radical (unpaired) electrons. The molecule has 1 heterocycles. The Morgan fingerprint density at radius 3 is 2.42 bits per heavy atom. The molecule has 0 aromatic carbocycles. The standard InChI is InChI=1S/C9H13N3/c1-5-8-10-11-9(7(3)4)12(8)6-2/h5-7H,1-2H2,3-4H3. The quantitative estimate of drug-likeness (QED) is 0.683. The number of hydrogen-bond donors (Lipinski definition) is 0. The number of hydrogen-bond acceptors (Lipinski definition) is 2. The number of nitrogens with zero attached hydrogens (tertiary/aromatic N) is 3. The Labute approximate surface area is 72.4 Å². The molecule has 0 bridgehead atoms. The van der Waals surface area contributed by atoms with E-state index in [1.807, 2.05) is 4.57 Å². The van der Waals surface area contributed by atoms with E-state index in [1.54, 1.807) is 12.3 Å². The van der Waals surface area contributed by atoms with Gasteiger partial charge in [-0.25, -0.2) is 0 Å². The van der Waals surface area contributed by atoms with Gasteiger partial charge in [0, 0.05) is 12.1 Å². The Hall–Kier alpha value is -1.38. The lowest BCUT2D eigenvalue weighted by Crippen LogP contribution is -1.99. The van der Waals surface area contributed by atoms with Gasteiger partial charge in [0.05, 0.1) is 0 Å². The van der Waals surface area contributed by atoms with Crippen LogP contribution in [-0.4, -0.2) is 14.8 Å². The van der Waals surface area contributed by atoms with Crippen LogP contribution in [0.2, 0.25) is 0 Å². The molecule has 3 nitrogen and oxygen atoms in total. The molecule has 0 aliphatic carbocycles. The lowest BCUT2D eigenvalue weighted by atomic mass is 10.2. The molecule has 0 saturated heterocycles. The van der Waals surface area contributed by atoms with Crippen LogP contribution in [0.4, 0.5) is 0 Å². The fraction of sp³-hybridized carbons (Fsp3) is 0.333. The Morgan fingerprint density at radius 2 is 2.00 bits per heavy atom. The summed E-state index contributed by atoms with van der Waals surface area (Å²) in [6.07, 6.45) is 3.37. The summed E-state index contributed by atoms with van der Waals surface area (Å²) in [5, 5.41) is 7.98. The third-order valence-electron chi connectivity index (χ3n) is 1.63. The maximum atomic E-state index is 4.03. The van der Waals surface area contributed by atoms with E-state index in [1.165, 1.54) is 0 Å². The minimum absolute atomic E-state index is 0.351. The molecule has 1 aromatic heterocycles. The molecule has 0 amide bonds. The molecule has 1 rings (SSSR count). The van der Waals surface area contributed by atoms with Crippen molar-refractivity contribution in [2.75, 3.05) is 0 Å². The highest BCUT2D eigenvalue weighted by molar-refractivity contribution is 5.42. The predicted octanol–water partition coefficient (Wildman–Crippen LogP) is 2.15. The average molecular weight is 163 g/mol. The largest absolute Gasteiger partial charge is 0.287 e. The molecule has 3 heteroatoms. The van der Waals surface area contributed by atoms with Crippen LogP contribution < -0.4 is 0 Å². The van der Waals surface area contributed by atoms with E-state index in [9.17, 15) is 0 Å². The summed E-state index contributed by atoms with van der Waals surface area (Å²) in [6, 6.07) is 0. The summed E-state index contributed by atoms with van der Waals surface area (Å²) in [4.78, 5) is 0. The van der Waals surface area contributed by atoms with Crippen molar-refractivity contribution in [1.29, 1.82) is 0 Å². The Bertz CT molecular complexity index is 297. The van der Waals surface area contributed by atoms with Crippen LogP contribution in [0.3, 0.4) is 0 Å². The van der Waals surface area contributed by atoms with E-state index in [2.05, 4.69) is 37.2 Å². The van der Waals surface area contributed by atoms with Crippen LogP contribution in [-0.2, 0) is 0 Å². The van der Waals surface area contributed by atoms with Crippen LogP contribution in [0.25, 0.3) is 12.3 Å².